The summed E-state index contributed by atoms with van der Waals surface area (Å²) in [5.41, 5.74) is 0. The van der Waals surface area contributed by atoms with Crippen LogP contribution in [0.5, 0.6) is 0 Å². The van der Waals surface area contributed by atoms with Gasteiger partial charge in [-0.25, -0.2) is 0 Å². The standard InChI is InChI=1S/C12H22OSeSi/c1-7-8-10(2)11(13)9-12(14-3)15(4,5)6/h7,9-10H,1,8H2,2-6H3/b12-9-. The summed E-state index contributed by atoms with van der Waals surface area (Å²) >= 11 is 0.466. The first-order valence-electron chi connectivity index (χ1n) is 5.23. The van der Waals surface area contributed by atoms with Gasteiger partial charge in [0.15, 0.2) is 0 Å². The van der Waals surface area contributed by atoms with Crippen LogP contribution in [-0.4, -0.2) is 28.8 Å². The molecule has 0 aromatic heterocycles. The van der Waals surface area contributed by atoms with Crippen molar-refractivity contribution in [2.45, 2.75) is 38.8 Å². The number of allylic oxidation sites excluding steroid dienone is 2. The molecule has 0 N–H and O–H groups in total. The third-order valence-electron chi connectivity index (χ3n) is 2.24. The van der Waals surface area contributed by atoms with Crippen LogP contribution in [0.4, 0.5) is 0 Å². The number of ketones is 1. The van der Waals surface area contributed by atoms with Gasteiger partial charge >= 0.3 is 101 Å². The van der Waals surface area contributed by atoms with Crippen LogP contribution in [0.15, 0.2) is 22.8 Å². The van der Waals surface area contributed by atoms with Crippen molar-refractivity contribution in [1.82, 2.24) is 0 Å². The van der Waals surface area contributed by atoms with E-state index in [1.165, 1.54) is 4.09 Å². The molecule has 0 heterocycles. The van der Waals surface area contributed by atoms with Gasteiger partial charge in [-0.1, -0.05) is 0 Å². The fourth-order valence-corrected chi connectivity index (χ4v) is 6.75. The van der Waals surface area contributed by atoms with E-state index in [0.29, 0.717) is 15.0 Å². The van der Waals surface area contributed by atoms with Crippen LogP contribution in [0, 0.1) is 5.92 Å². The zero-order valence-corrected chi connectivity index (χ0v) is 13.2. The van der Waals surface area contributed by atoms with Crippen LogP contribution in [0.25, 0.3) is 0 Å². The molecule has 1 nitrogen and oxygen atoms in total. The van der Waals surface area contributed by atoms with Gasteiger partial charge in [0.1, 0.15) is 0 Å². The molecule has 0 bridgehead atoms. The summed E-state index contributed by atoms with van der Waals surface area (Å²) in [4.78, 5) is 11.9. The Morgan fingerprint density at radius 2 is 2.00 bits per heavy atom. The SMILES string of the molecule is C=CCC(C)C(=O)/C=C(/[Se]C)[Si](C)(C)C. The Kier molecular flexibility index (Phi) is 6.42. The van der Waals surface area contributed by atoms with Crippen molar-refractivity contribution in [2.24, 2.45) is 5.92 Å². The van der Waals surface area contributed by atoms with Crippen LogP contribution in [0.1, 0.15) is 13.3 Å². The fraction of sp³-hybridized carbons (Fsp3) is 0.583. The molecule has 86 valence electrons. The molecule has 0 rings (SSSR count). The van der Waals surface area contributed by atoms with Gasteiger partial charge in [0.2, 0.25) is 0 Å². The van der Waals surface area contributed by atoms with Crippen molar-refractivity contribution in [1.29, 1.82) is 0 Å². The van der Waals surface area contributed by atoms with Crippen LogP contribution in [-0.2, 0) is 4.79 Å². The van der Waals surface area contributed by atoms with E-state index in [9.17, 15) is 4.79 Å². The Morgan fingerprint density at radius 3 is 2.33 bits per heavy atom. The number of rotatable bonds is 6. The van der Waals surface area contributed by atoms with Crippen molar-refractivity contribution in [3.05, 3.63) is 22.8 Å². The molecule has 0 fully saturated rings. The third kappa shape index (κ3) is 5.50. The van der Waals surface area contributed by atoms with E-state index in [2.05, 4.69) is 32.0 Å². The molecule has 0 aromatic carbocycles. The second-order valence-electron chi connectivity index (χ2n) is 4.79. The minimum absolute atomic E-state index is 0.0937. The monoisotopic (exact) mass is 290 g/mol. The summed E-state index contributed by atoms with van der Waals surface area (Å²) < 4.78 is 1.43. The summed E-state index contributed by atoms with van der Waals surface area (Å²) in [5, 5.41) is 0. The molecular weight excluding hydrogens is 267 g/mol. The Labute approximate surface area is 101 Å². The molecule has 0 aliphatic carbocycles. The Balaban J connectivity index is 4.70. The first-order valence-corrected chi connectivity index (χ1v) is 11.3. The van der Waals surface area contributed by atoms with Crippen LogP contribution in [0.3, 0.4) is 0 Å². The van der Waals surface area contributed by atoms with E-state index in [0.717, 1.165) is 6.42 Å². The predicted molar refractivity (Wildman–Crippen MR) is 72.0 cm³/mol. The average Bonchev–Trinajstić information content (AvgIpc) is 2.12. The molecule has 1 unspecified atom stereocenters. The Hall–Kier alpha value is -0.114. The molecule has 0 saturated carbocycles. The van der Waals surface area contributed by atoms with Gasteiger partial charge in [0.05, 0.1) is 0 Å². The van der Waals surface area contributed by atoms with Crippen LogP contribution >= 0.6 is 0 Å². The Bertz CT molecular complexity index is 263. The molecule has 15 heavy (non-hydrogen) atoms. The van der Waals surface area contributed by atoms with Crippen LogP contribution in [0.2, 0.25) is 25.5 Å². The molecular formula is C12H22OSeSi. The summed E-state index contributed by atoms with van der Waals surface area (Å²) in [6.45, 7) is 12.6. The van der Waals surface area contributed by atoms with E-state index in [1.807, 2.05) is 19.1 Å². The van der Waals surface area contributed by atoms with Crippen molar-refractivity contribution >= 4 is 28.8 Å². The van der Waals surface area contributed by atoms with Gasteiger partial charge in [-0.15, -0.1) is 0 Å². The molecule has 0 radical (unpaired) electrons. The molecule has 0 saturated heterocycles. The predicted octanol–water partition coefficient (Wildman–Crippen LogP) is 3.28. The second-order valence-corrected chi connectivity index (χ2v) is 12.4. The van der Waals surface area contributed by atoms with E-state index in [4.69, 9.17) is 0 Å². The molecule has 0 aliphatic rings. The normalized spacial score (nSPS) is 14.9. The quantitative estimate of drug-likeness (QED) is 0.416. The van der Waals surface area contributed by atoms with Gasteiger partial charge in [0.25, 0.3) is 0 Å². The molecule has 3 heteroatoms. The van der Waals surface area contributed by atoms with Gasteiger partial charge in [0, 0.05) is 0 Å². The van der Waals surface area contributed by atoms with Crippen molar-refractivity contribution < 1.29 is 4.79 Å². The fourth-order valence-electron chi connectivity index (χ4n) is 1.22. The summed E-state index contributed by atoms with van der Waals surface area (Å²) in [7, 11) is -1.28. The number of hydrogen-bond acceptors (Lipinski definition) is 1. The van der Waals surface area contributed by atoms with Gasteiger partial charge in [-0.05, 0) is 0 Å². The molecule has 0 aliphatic heterocycles. The average molecular weight is 289 g/mol. The molecule has 1 atom stereocenters. The zero-order valence-electron chi connectivity index (χ0n) is 10.5. The summed E-state index contributed by atoms with van der Waals surface area (Å²) in [5.74, 6) is 2.56. The number of carbonyl (C=O) groups is 1. The van der Waals surface area contributed by atoms with Crippen molar-refractivity contribution in [3.8, 4) is 0 Å². The van der Waals surface area contributed by atoms with E-state index >= 15 is 0 Å². The van der Waals surface area contributed by atoms with E-state index < -0.39 is 8.07 Å². The zero-order chi connectivity index (χ0) is 12.1. The first kappa shape index (κ1) is 14.9. The Morgan fingerprint density at radius 1 is 1.47 bits per heavy atom. The second kappa shape index (κ2) is 6.46. The maximum atomic E-state index is 11.9. The third-order valence-corrected chi connectivity index (χ3v) is 9.95. The summed E-state index contributed by atoms with van der Waals surface area (Å²) in [6, 6.07) is 0. The van der Waals surface area contributed by atoms with Crippen molar-refractivity contribution in [3.63, 3.8) is 0 Å². The van der Waals surface area contributed by atoms with E-state index in [-0.39, 0.29) is 11.7 Å². The number of hydrogen-bond donors (Lipinski definition) is 0. The minimum atomic E-state index is -1.28. The molecule has 0 amide bonds. The molecule has 0 aromatic rings. The first-order chi connectivity index (χ1) is 6.82. The summed E-state index contributed by atoms with van der Waals surface area (Å²) in [6.07, 6.45) is 4.52. The van der Waals surface area contributed by atoms with Gasteiger partial charge in [-0.2, -0.15) is 0 Å². The van der Waals surface area contributed by atoms with E-state index in [1.54, 1.807) is 0 Å². The molecule has 0 spiro atoms. The van der Waals surface area contributed by atoms with Crippen LogP contribution < -0.4 is 0 Å². The van der Waals surface area contributed by atoms with Gasteiger partial charge < -0.3 is 0 Å². The topological polar surface area (TPSA) is 17.1 Å². The maximum absolute atomic E-state index is 11.9. The van der Waals surface area contributed by atoms with Gasteiger partial charge in [-0.3, -0.25) is 0 Å². The number of carbonyl (C=O) groups excluding carboxylic acids is 1. The van der Waals surface area contributed by atoms with Crippen molar-refractivity contribution in [2.75, 3.05) is 0 Å².